The number of imidazole rings is 1. The predicted molar refractivity (Wildman–Crippen MR) is 154 cm³/mol. The van der Waals surface area contributed by atoms with Crippen LogP contribution in [0.25, 0.3) is 0 Å². The number of aromatic amines is 1. The molecule has 1 aliphatic heterocycles. The third kappa shape index (κ3) is 5.24. The number of carbonyl (C=O) groups excluding carboxylic acids is 1. The smallest absolute Gasteiger partial charge is 0.245 e. The average Bonchev–Trinajstić information content (AvgIpc) is 3.27. The first kappa shape index (κ1) is 25.8. The van der Waals surface area contributed by atoms with Gasteiger partial charge in [0.25, 0.3) is 0 Å². The van der Waals surface area contributed by atoms with Crippen molar-refractivity contribution in [2.45, 2.75) is 65.5 Å². The molecule has 5 heteroatoms. The number of hydrogen-bond acceptors (Lipinski definition) is 3. The summed E-state index contributed by atoms with van der Waals surface area (Å²) in [6, 6.07) is 27.4. The van der Waals surface area contributed by atoms with E-state index in [2.05, 4.69) is 103 Å². The Bertz CT molecular complexity index is 1380. The van der Waals surface area contributed by atoms with Gasteiger partial charge in [-0.2, -0.15) is 0 Å². The zero-order valence-electron chi connectivity index (χ0n) is 23.1. The monoisotopic (exact) mass is 506 g/mol. The first-order chi connectivity index (χ1) is 18.2. The van der Waals surface area contributed by atoms with Crippen LogP contribution in [0.15, 0.2) is 85.2 Å². The number of aryl methyl sites for hydroxylation is 1. The molecule has 0 fully saturated rings. The lowest BCUT2D eigenvalue weighted by molar-refractivity contribution is -0.138. The molecule has 0 saturated heterocycles. The van der Waals surface area contributed by atoms with E-state index in [0.717, 1.165) is 22.6 Å². The van der Waals surface area contributed by atoms with Gasteiger partial charge in [0.1, 0.15) is 0 Å². The summed E-state index contributed by atoms with van der Waals surface area (Å²) in [5.41, 5.74) is 7.93. The normalized spacial score (nSPS) is 16.8. The molecule has 2 heterocycles. The van der Waals surface area contributed by atoms with E-state index in [9.17, 15) is 4.79 Å². The number of hydrogen-bond donors (Lipinski definition) is 1. The molecule has 2 unspecified atom stereocenters. The van der Waals surface area contributed by atoms with Crippen LogP contribution in [0, 0.1) is 12.8 Å². The van der Waals surface area contributed by atoms with Crippen LogP contribution in [-0.4, -0.2) is 20.9 Å². The molecular formula is C33H38N4O. The SMILES string of the molecule is Cc1nc[nH]c1CN1c2ccccc2CC(Cc2ccc(C(C)(C)C)cc2)C(=O)N1C(C)c1ccccc1. The first-order valence-corrected chi connectivity index (χ1v) is 13.5. The van der Waals surface area contributed by atoms with E-state index in [1.54, 1.807) is 6.33 Å². The van der Waals surface area contributed by atoms with E-state index >= 15 is 0 Å². The van der Waals surface area contributed by atoms with E-state index in [1.807, 2.05) is 30.1 Å². The van der Waals surface area contributed by atoms with Crippen molar-refractivity contribution >= 4 is 11.6 Å². The zero-order chi connectivity index (χ0) is 26.9. The number of benzene rings is 3. The van der Waals surface area contributed by atoms with Gasteiger partial charge in [0, 0.05) is 5.92 Å². The number of rotatable bonds is 6. The van der Waals surface area contributed by atoms with Gasteiger partial charge in [-0.05, 0) is 60.4 Å². The molecule has 1 aliphatic rings. The minimum atomic E-state index is -0.171. The van der Waals surface area contributed by atoms with Crippen molar-refractivity contribution < 1.29 is 4.79 Å². The third-order valence-corrected chi connectivity index (χ3v) is 7.76. The van der Waals surface area contributed by atoms with Gasteiger partial charge >= 0.3 is 0 Å². The van der Waals surface area contributed by atoms with Gasteiger partial charge in [-0.3, -0.25) is 9.80 Å². The number of nitrogens with one attached hydrogen (secondary N) is 1. The van der Waals surface area contributed by atoms with Crippen LogP contribution < -0.4 is 5.01 Å². The summed E-state index contributed by atoms with van der Waals surface area (Å²) in [5, 5.41) is 4.16. The molecule has 3 aromatic carbocycles. The highest BCUT2D eigenvalue weighted by atomic mass is 16.2. The number of anilines is 1. The maximum atomic E-state index is 14.5. The predicted octanol–water partition coefficient (Wildman–Crippen LogP) is 6.94. The maximum Gasteiger partial charge on any atom is 0.245 e. The van der Waals surface area contributed by atoms with Crippen molar-refractivity contribution in [3.05, 3.63) is 119 Å². The molecule has 5 rings (SSSR count). The quantitative estimate of drug-likeness (QED) is 0.308. The van der Waals surface area contributed by atoms with Crippen molar-refractivity contribution in [3.63, 3.8) is 0 Å². The van der Waals surface area contributed by atoms with Crippen LogP contribution in [0.5, 0.6) is 0 Å². The lowest BCUT2D eigenvalue weighted by Gasteiger charge is -2.41. The van der Waals surface area contributed by atoms with E-state index in [4.69, 9.17) is 0 Å². The lowest BCUT2D eigenvalue weighted by Crippen LogP contribution is -2.49. The number of para-hydroxylation sites is 1. The minimum absolute atomic E-state index is 0.100. The summed E-state index contributed by atoms with van der Waals surface area (Å²) in [4.78, 5) is 22.3. The third-order valence-electron chi connectivity index (χ3n) is 7.76. The second kappa shape index (κ2) is 10.5. The highest BCUT2D eigenvalue weighted by Crippen LogP contribution is 2.37. The summed E-state index contributed by atoms with van der Waals surface area (Å²) in [6.45, 7) is 11.4. The summed E-state index contributed by atoms with van der Waals surface area (Å²) in [5.74, 6) is -0.0229. The maximum absolute atomic E-state index is 14.5. The van der Waals surface area contributed by atoms with Gasteiger partial charge in [-0.15, -0.1) is 0 Å². The number of hydrazine groups is 1. The summed E-state index contributed by atoms with van der Waals surface area (Å²) < 4.78 is 0. The Balaban J connectivity index is 1.57. The molecule has 1 amide bonds. The van der Waals surface area contributed by atoms with Crippen LogP contribution >= 0.6 is 0 Å². The van der Waals surface area contributed by atoms with Crippen molar-refractivity contribution in [1.29, 1.82) is 0 Å². The van der Waals surface area contributed by atoms with Crippen molar-refractivity contribution in [2.75, 3.05) is 5.01 Å². The number of amides is 1. The van der Waals surface area contributed by atoms with Gasteiger partial charge in [-0.1, -0.05) is 93.6 Å². The summed E-state index contributed by atoms with van der Waals surface area (Å²) >= 11 is 0. The largest absolute Gasteiger partial charge is 0.347 e. The van der Waals surface area contributed by atoms with Crippen LogP contribution in [0.1, 0.15) is 67.4 Å². The molecule has 5 nitrogen and oxygen atoms in total. The van der Waals surface area contributed by atoms with Crippen LogP contribution in [0.4, 0.5) is 5.69 Å². The Morgan fingerprint density at radius 3 is 2.32 bits per heavy atom. The lowest BCUT2D eigenvalue weighted by atomic mass is 9.85. The van der Waals surface area contributed by atoms with E-state index in [-0.39, 0.29) is 23.3 Å². The molecule has 196 valence electrons. The Morgan fingerprint density at radius 1 is 0.974 bits per heavy atom. The van der Waals surface area contributed by atoms with E-state index in [0.29, 0.717) is 19.4 Å². The molecule has 0 saturated carbocycles. The molecule has 2 atom stereocenters. The molecular weight excluding hydrogens is 468 g/mol. The van der Waals surface area contributed by atoms with Gasteiger partial charge in [0.15, 0.2) is 0 Å². The summed E-state index contributed by atoms with van der Waals surface area (Å²) in [7, 11) is 0. The molecule has 1 aromatic heterocycles. The topological polar surface area (TPSA) is 52.2 Å². The number of H-pyrrole nitrogens is 1. The first-order valence-electron chi connectivity index (χ1n) is 13.5. The standard InChI is InChI=1S/C33H38N4O/c1-23-30(35-22-34-23)21-36-31-14-10-9-13-27(31)20-28(19-25-15-17-29(18-16-25)33(3,4)5)32(38)37(36)24(2)26-11-7-6-8-12-26/h6-18,22,24,28H,19-21H2,1-5H3,(H,34,35). The highest BCUT2D eigenvalue weighted by Gasteiger charge is 2.37. The van der Waals surface area contributed by atoms with Gasteiger partial charge in [0.05, 0.1) is 36.0 Å². The second-order valence-corrected chi connectivity index (χ2v) is 11.5. The highest BCUT2D eigenvalue weighted by molar-refractivity contribution is 5.84. The number of aromatic nitrogens is 2. The fourth-order valence-corrected chi connectivity index (χ4v) is 5.43. The van der Waals surface area contributed by atoms with E-state index in [1.165, 1.54) is 16.7 Å². The molecule has 1 N–H and O–H groups in total. The van der Waals surface area contributed by atoms with Gasteiger partial charge < -0.3 is 4.98 Å². The number of fused-ring (bicyclic) bond motifs is 1. The molecule has 0 bridgehead atoms. The molecule has 0 radical (unpaired) electrons. The minimum Gasteiger partial charge on any atom is -0.347 e. The summed E-state index contributed by atoms with van der Waals surface area (Å²) in [6.07, 6.45) is 3.13. The Labute approximate surface area is 226 Å². The molecule has 0 aliphatic carbocycles. The zero-order valence-corrected chi connectivity index (χ0v) is 23.1. The second-order valence-electron chi connectivity index (χ2n) is 11.5. The van der Waals surface area contributed by atoms with Crippen LogP contribution in [-0.2, 0) is 29.6 Å². The molecule has 0 spiro atoms. The van der Waals surface area contributed by atoms with Crippen molar-refractivity contribution in [2.24, 2.45) is 5.92 Å². The Morgan fingerprint density at radius 2 is 1.66 bits per heavy atom. The molecule has 38 heavy (non-hydrogen) atoms. The van der Waals surface area contributed by atoms with Crippen LogP contribution in [0.2, 0.25) is 0 Å². The van der Waals surface area contributed by atoms with Crippen molar-refractivity contribution in [3.8, 4) is 0 Å². The fraction of sp³-hybridized carbons (Fsp3) is 0.333. The van der Waals surface area contributed by atoms with Gasteiger partial charge in [0.2, 0.25) is 5.91 Å². The fourth-order valence-electron chi connectivity index (χ4n) is 5.43. The van der Waals surface area contributed by atoms with Crippen LogP contribution in [0.3, 0.4) is 0 Å². The van der Waals surface area contributed by atoms with Crippen molar-refractivity contribution in [1.82, 2.24) is 15.0 Å². The number of carbonyl (C=O) groups is 1. The molecule has 4 aromatic rings. The van der Waals surface area contributed by atoms with Gasteiger partial charge in [-0.25, -0.2) is 9.99 Å². The van der Waals surface area contributed by atoms with E-state index < -0.39 is 0 Å². The Kier molecular flexibility index (Phi) is 7.11. The average molecular weight is 507 g/mol. The number of nitrogens with zero attached hydrogens (tertiary/aromatic N) is 3. The Hall–Kier alpha value is -3.86.